The lowest BCUT2D eigenvalue weighted by molar-refractivity contribution is 0.111. The number of hydrogen-bond donors (Lipinski definition) is 1. The SMILES string of the molecule is CCN1CCN(C(c2cccc(Cl)c2)c2c(O)cc(C)n(Cc3ccccn3)c2=O)CC1. The van der Waals surface area contributed by atoms with Crippen molar-refractivity contribution >= 4 is 11.6 Å². The van der Waals surface area contributed by atoms with Gasteiger partial charge in [-0.1, -0.05) is 36.7 Å². The van der Waals surface area contributed by atoms with E-state index in [9.17, 15) is 9.90 Å². The molecule has 1 fully saturated rings. The first-order valence-corrected chi connectivity index (χ1v) is 11.4. The molecule has 1 atom stereocenters. The summed E-state index contributed by atoms with van der Waals surface area (Å²) >= 11 is 6.32. The van der Waals surface area contributed by atoms with Crippen LogP contribution in [0.4, 0.5) is 0 Å². The molecular formula is C25H29ClN4O2. The summed E-state index contributed by atoms with van der Waals surface area (Å²) in [7, 11) is 0. The molecule has 4 rings (SSSR count). The molecule has 32 heavy (non-hydrogen) atoms. The summed E-state index contributed by atoms with van der Waals surface area (Å²) in [5.41, 5.74) is 2.59. The number of nitrogens with zero attached hydrogens (tertiary/aromatic N) is 4. The molecule has 1 N–H and O–H groups in total. The van der Waals surface area contributed by atoms with Crippen LogP contribution in [0.25, 0.3) is 0 Å². The average Bonchev–Trinajstić information content (AvgIpc) is 2.80. The second-order valence-corrected chi connectivity index (χ2v) is 8.66. The molecule has 2 aromatic heterocycles. The van der Waals surface area contributed by atoms with Crippen molar-refractivity contribution in [3.63, 3.8) is 0 Å². The van der Waals surface area contributed by atoms with Gasteiger partial charge in [0.05, 0.1) is 23.8 Å². The molecule has 7 heteroatoms. The smallest absolute Gasteiger partial charge is 0.260 e. The van der Waals surface area contributed by atoms with Gasteiger partial charge in [0.25, 0.3) is 5.56 Å². The quantitative estimate of drug-likeness (QED) is 0.618. The summed E-state index contributed by atoms with van der Waals surface area (Å²) < 4.78 is 1.69. The molecule has 0 aliphatic carbocycles. The van der Waals surface area contributed by atoms with Crippen molar-refractivity contribution in [3.8, 4) is 5.75 Å². The van der Waals surface area contributed by atoms with E-state index in [0.29, 0.717) is 22.8 Å². The van der Waals surface area contributed by atoms with Crippen molar-refractivity contribution in [1.82, 2.24) is 19.4 Å². The van der Waals surface area contributed by atoms with E-state index in [4.69, 9.17) is 11.6 Å². The van der Waals surface area contributed by atoms with Crippen molar-refractivity contribution in [3.05, 3.63) is 92.6 Å². The molecule has 1 aliphatic heterocycles. The van der Waals surface area contributed by atoms with Crippen LogP contribution in [-0.2, 0) is 6.54 Å². The Morgan fingerprint density at radius 1 is 1.09 bits per heavy atom. The van der Waals surface area contributed by atoms with E-state index in [1.165, 1.54) is 0 Å². The zero-order valence-electron chi connectivity index (χ0n) is 18.5. The van der Waals surface area contributed by atoms with E-state index < -0.39 is 0 Å². The third kappa shape index (κ3) is 4.72. The van der Waals surface area contributed by atoms with Crippen LogP contribution in [0.15, 0.2) is 59.5 Å². The fourth-order valence-corrected chi connectivity index (χ4v) is 4.65. The van der Waals surface area contributed by atoms with Gasteiger partial charge in [0.1, 0.15) is 5.75 Å². The Kier molecular flexibility index (Phi) is 6.94. The number of benzene rings is 1. The maximum Gasteiger partial charge on any atom is 0.260 e. The average molecular weight is 453 g/mol. The first-order chi connectivity index (χ1) is 15.5. The van der Waals surface area contributed by atoms with Crippen molar-refractivity contribution in [2.24, 2.45) is 0 Å². The third-order valence-corrected chi connectivity index (χ3v) is 6.46. The molecule has 0 bridgehead atoms. The summed E-state index contributed by atoms with van der Waals surface area (Å²) in [5, 5.41) is 11.6. The monoisotopic (exact) mass is 452 g/mol. The van der Waals surface area contributed by atoms with E-state index in [1.807, 2.05) is 49.4 Å². The lowest BCUT2D eigenvalue weighted by atomic mass is 9.96. The van der Waals surface area contributed by atoms with Gasteiger partial charge in [-0.25, -0.2) is 0 Å². The van der Waals surface area contributed by atoms with Crippen LogP contribution >= 0.6 is 11.6 Å². The van der Waals surface area contributed by atoms with E-state index in [1.54, 1.807) is 16.8 Å². The number of rotatable bonds is 6. The zero-order valence-corrected chi connectivity index (χ0v) is 19.3. The van der Waals surface area contributed by atoms with Gasteiger partial charge < -0.3 is 14.6 Å². The number of aryl methyl sites for hydroxylation is 1. The van der Waals surface area contributed by atoms with E-state index in [2.05, 4.69) is 21.7 Å². The van der Waals surface area contributed by atoms with Crippen molar-refractivity contribution in [2.75, 3.05) is 32.7 Å². The highest BCUT2D eigenvalue weighted by Crippen LogP contribution is 2.34. The molecule has 3 heterocycles. The molecule has 1 aromatic carbocycles. The van der Waals surface area contributed by atoms with Gasteiger partial charge in [0, 0.05) is 43.1 Å². The normalized spacial score (nSPS) is 16.2. The zero-order chi connectivity index (χ0) is 22.7. The van der Waals surface area contributed by atoms with E-state index in [0.717, 1.165) is 44.0 Å². The predicted molar refractivity (Wildman–Crippen MR) is 127 cm³/mol. The minimum absolute atomic E-state index is 0.0210. The number of likely N-dealkylation sites (N-methyl/N-ethyl adjacent to an activating group) is 1. The van der Waals surface area contributed by atoms with Crippen LogP contribution in [0.5, 0.6) is 5.75 Å². The van der Waals surface area contributed by atoms with Crippen molar-refractivity contribution in [1.29, 1.82) is 0 Å². The summed E-state index contributed by atoms with van der Waals surface area (Å²) in [4.78, 5) is 22.8. The molecule has 0 radical (unpaired) electrons. The highest BCUT2D eigenvalue weighted by Gasteiger charge is 2.31. The van der Waals surface area contributed by atoms with Gasteiger partial charge in [-0.05, 0) is 49.4 Å². The van der Waals surface area contributed by atoms with Gasteiger partial charge in [-0.3, -0.25) is 14.7 Å². The summed E-state index contributed by atoms with van der Waals surface area (Å²) in [6.07, 6.45) is 1.72. The molecule has 1 saturated heterocycles. The van der Waals surface area contributed by atoms with Crippen molar-refractivity contribution < 1.29 is 5.11 Å². The molecule has 0 saturated carbocycles. The number of pyridine rings is 2. The van der Waals surface area contributed by atoms with E-state index >= 15 is 0 Å². The van der Waals surface area contributed by atoms with Gasteiger partial charge in [0.2, 0.25) is 0 Å². The number of halogens is 1. The highest BCUT2D eigenvalue weighted by molar-refractivity contribution is 6.30. The first kappa shape index (κ1) is 22.5. The molecule has 1 aliphatic rings. The topological polar surface area (TPSA) is 61.6 Å². The third-order valence-electron chi connectivity index (χ3n) is 6.23. The Morgan fingerprint density at radius 3 is 2.53 bits per heavy atom. The number of aromatic nitrogens is 2. The molecule has 3 aromatic rings. The summed E-state index contributed by atoms with van der Waals surface area (Å²) in [6.45, 7) is 8.79. The minimum atomic E-state index is -0.379. The fraction of sp³-hybridized carbons (Fsp3) is 0.360. The van der Waals surface area contributed by atoms with Crippen LogP contribution in [-0.4, -0.2) is 57.2 Å². The Hall–Kier alpha value is -2.67. The van der Waals surface area contributed by atoms with Crippen molar-refractivity contribution in [2.45, 2.75) is 26.4 Å². The first-order valence-electron chi connectivity index (χ1n) is 11.0. The lowest BCUT2D eigenvalue weighted by Crippen LogP contribution is -2.48. The maximum absolute atomic E-state index is 13.8. The summed E-state index contributed by atoms with van der Waals surface area (Å²) in [5.74, 6) is 0.0210. The van der Waals surface area contributed by atoms with Crippen LogP contribution in [0.3, 0.4) is 0 Å². The highest BCUT2D eigenvalue weighted by atomic mass is 35.5. The molecule has 6 nitrogen and oxygen atoms in total. The Bertz CT molecular complexity index is 1120. The molecular weight excluding hydrogens is 424 g/mol. The van der Waals surface area contributed by atoms with Gasteiger partial charge >= 0.3 is 0 Å². The van der Waals surface area contributed by atoms with Gasteiger partial charge in [-0.2, -0.15) is 0 Å². The van der Waals surface area contributed by atoms with Crippen LogP contribution in [0, 0.1) is 6.92 Å². The minimum Gasteiger partial charge on any atom is -0.507 e. The summed E-state index contributed by atoms with van der Waals surface area (Å²) in [6, 6.07) is 14.5. The standard InChI is InChI=1S/C25H29ClN4O2/c1-3-28-11-13-29(14-12-28)24(19-7-6-8-20(26)16-19)23-22(31)15-18(2)30(25(23)32)17-21-9-4-5-10-27-21/h4-10,15-16,24,31H,3,11-14,17H2,1-2H3. The lowest BCUT2D eigenvalue weighted by Gasteiger charge is -2.39. The largest absolute Gasteiger partial charge is 0.507 e. The molecule has 168 valence electrons. The Balaban J connectivity index is 1.82. The number of hydrogen-bond acceptors (Lipinski definition) is 5. The van der Waals surface area contributed by atoms with Gasteiger partial charge in [0.15, 0.2) is 0 Å². The maximum atomic E-state index is 13.8. The predicted octanol–water partition coefficient (Wildman–Crippen LogP) is 3.69. The Labute approximate surface area is 193 Å². The fourth-order valence-electron chi connectivity index (χ4n) is 4.45. The van der Waals surface area contributed by atoms with E-state index in [-0.39, 0.29) is 17.4 Å². The second kappa shape index (κ2) is 9.86. The van der Waals surface area contributed by atoms with Crippen LogP contribution in [0.2, 0.25) is 5.02 Å². The number of piperazine rings is 1. The number of aromatic hydroxyl groups is 1. The molecule has 1 unspecified atom stereocenters. The molecule has 0 amide bonds. The van der Waals surface area contributed by atoms with Crippen LogP contribution < -0.4 is 5.56 Å². The second-order valence-electron chi connectivity index (χ2n) is 8.22. The van der Waals surface area contributed by atoms with Crippen LogP contribution in [0.1, 0.15) is 35.5 Å². The molecule has 0 spiro atoms. The van der Waals surface area contributed by atoms with Gasteiger partial charge in [-0.15, -0.1) is 0 Å². The Morgan fingerprint density at radius 2 is 1.88 bits per heavy atom.